The van der Waals surface area contributed by atoms with Crippen LogP contribution in [0, 0.1) is 24.0 Å². The summed E-state index contributed by atoms with van der Waals surface area (Å²) >= 11 is 0. The first-order valence-electron chi connectivity index (χ1n) is 13.9. The van der Waals surface area contributed by atoms with Gasteiger partial charge in [0.15, 0.2) is 5.82 Å². The molecule has 0 bridgehead atoms. The predicted molar refractivity (Wildman–Crippen MR) is 156 cm³/mol. The Morgan fingerprint density at radius 1 is 1.22 bits per heavy atom. The molecule has 2 saturated heterocycles. The molecule has 4 heterocycles. The first-order chi connectivity index (χ1) is 19.6. The molecule has 3 N–H and O–H groups in total. The van der Waals surface area contributed by atoms with Gasteiger partial charge in [0, 0.05) is 49.9 Å². The van der Waals surface area contributed by atoms with E-state index in [4.69, 9.17) is 11.4 Å². The van der Waals surface area contributed by atoms with Crippen molar-refractivity contribution >= 4 is 33.4 Å². The Balaban J connectivity index is 1.55. The predicted octanol–water partition coefficient (Wildman–Crippen LogP) is 4.35. The number of terminal acetylenes is 1. The number of halogens is 2. The van der Waals surface area contributed by atoms with Crippen molar-refractivity contribution in [3.8, 4) is 29.4 Å². The van der Waals surface area contributed by atoms with Crippen molar-refractivity contribution in [2.24, 2.45) is 0 Å². The Morgan fingerprint density at radius 2 is 2.00 bits per heavy atom. The van der Waals surface area contributed by atoms with Crippen LogP contribution in [0.15, 0.2) is 30.5 Å². The highest BCUT2D eigenvalue weighted by molar-refractivity contribution is 6.03. The largest absolute Gasteiger partial charge is 0.508 e. The second-order valence-electron chi connectivity index (χ2n) is 11.3. The number of nitrogens with zero attached hydrogens (tertiary/aromatic N) is 5. The molecule has 4 aromatic rings. The van der Waals surface area contributed by atoms with E-state index < -0.39 is 17.2 Å². The van der Waals surface area contributed by atoms with Gasteiger partial charge in [0.25, 0.3) is 0 Å². The van der Waals surface area contributed by atoms with Gasteiger partial charge in [0.05, 0.1) is 16.6 Å². The molecular formula is C31H32F2N6O2. The lowest BCUT2D eigenvalue weighted by Gasteiger charge is -2.36. The standard InChI is InChI=1S/C31H32F2N6O2/c1-4-21-24(32)8-7-18-14-20(40)15-22(25(18)21)27-26(33)28-23(16-35-27)29(38(3)17-19-6-5-11-34-19)37-30(36-28)39-12-9-31(2,41)10-13-39/h1,7-8,14-16,19,34,40-41H,5-6,9-13,17H2,2-3H3/t19-/m1/s1. The van der Waals surface area contributed by atoms with Crippen LogP contribution in [0.3, 0.4) is 0 Å². The molecule has 2 aliphatic heterocycles. The molecule has 1 atom stereocenters. The first-order valence-corrected chi connectivity index (χ1v) is 13.9. The van der Waals surface area contributed by atoms with Crippen LogP contribution < -0.4 is 15.1 Å². The van der Waals surface area contributed by atoms with Gasteiger partial charge in [-0.15, -0.1) is 6.42 Å². The monoisotopic (exact) mass is 558 g/mol. The number of fused-ring (bicyclic) bond motifs is 2. The molecule has 0 amide bonds. The Kier molecular flexibility index (Phi) is 6.88. The van der Waals surface area contributed by atoms with Crippen LogP contribution in [0.1, 0.15) is 38.2 Å². The van der Waals surface area contributed by atoms with Crippen LogP contribution >= 0.6 is 0 Å². The minimum atomic E-state index is -0.774. The average molecular weight is 559 g/mol. The Hall–Kier alpha value is -4.07. The number of nitrogens with one attached hydrogen (secondary N) is 1. The number of aromatic nitrogens is 3. The van der Waals surface area contributed by atoms with E-state index in [2.05, 4.69) is 21.2 Å². The number of piperidine rings is 1. The zero-order valence-corrected chi connectivity index (χ0v) is 23.1. The number of likely N-dealkylation sites (N-methyl/N-ethyl adjacent to an activating group) is 1. The van der Waals surface area contributed by atoms with Crippen molar-refractivity contribution in [3.05, 3.63) is 47.7 Å². The summed E-state index contributed by atoms with van der Waals surface area (Å²) in [5.74, 6) is 1.81. The third-order valence-electron chi connectivity index (χ3n) is 8.25. The summed E-state index contributed by atoms with van der Waals surface area (Å²) in [7, 11) is 1.92. The number of aliphatic hydroxyl groups is 1. The average Bonchev–Trinajstić information content (AvgIpc) is 3.46. The molecule has 0 unspecified atom stereocenters. The lowest BCUT2D eigenvalue weighted by atomic mass is 9.94. The third kappa shape index (κ3) is 5.00. The molecule has 10 heteroatoms. The number of hydrogen-bond donors (Lipinski definition) is 3. The minimum Gasteiger partial charge on any atom is -0.508 e. The molecule has 0 spiro atoms. The van der Waals surface area contributed by atoms with Gasteiger partial charge in [0.2, 0.25) is 5.95 Å². The summed E-state index contributed by atoms with van der Waals surface area (Å²) in [6.45, 7) is 4.48. The fraction of sp³-hybridized carbons (Fsp3) is 0.387. The molecule has 8 nitrogen and oxygen atoms in total. The van der Waals surface area contributed by atoms with Crippen LogP contribution in [0.2, 0.25) is 0 Å². The van der Waals surface area contributed by atoms with Crippen molar-refractivity contribution in [1.82, 2.24) is 20.3 Å². The summed E-state index contributed by atoms with van der Waals surface area (Å²) in [5.41, 5.74) is -0.672. The van der Waals surface area contributed by atoms with Gasteiger partial charge in [0.1, 0.15) is 28.6 Å². The summed E-state index contributed by atoms with van der Waals surface area (Å²) in [6.07, 6.45) is 10.4. The Labute approximate surface area is 237 Å². The fourth-order valence-electron chi connectivity index (χ4n) is 5.92. The molecule has 0 radical (unpaired) electrons. The molecule has 2 fully saturated rings. The van der Waals surface area contributed by atoms with Gasteiger partial charge >= 0.3 is 0 Å². The van der Waals surface area contributed by atoms with Crippen LogP contribution in [-0.4, -0.2) is 70.0 Å². The highest BCUT2D eigenvalue weighted by Gasteiger charge is 2.30. The van der Waals surface area contributed by atoms with E-state index in [0.717, 1.165) is 19.4 Å². The van der Waals surface area contributed by atoms with E-state index in [9.17, 15) is 14.6 Å². The zero-order chi connectivity index (χ0) is 28.9. The van der Waals surface area contributed by atoms with Gasteiger partial charge in [-0.1, -0.05) is 12.0 Å². The first kappa shape index (κ1) is 27.1. The minimum absolute atomic E-state index is 0.0352. The van der Waals surface area contributed by atoms with Crippen LogP contribution in [0.5, 0.6) is 5.75 Å². The zero-order valence-electron chi connectivity index (χ0n) is 23.1. The Bertz CT molecular complexity index is 1690. The molecule has 0 aliphatic carbocycles. The van der Waals surface area contributed by atoms with Crippen LogP contribution in [-0.2, 0) is 0 Å². The quantitative estimate of drug-likeness (QED) is 0.311. The van der Waals surface area contributed by atoms with Crippen molar-refractivity contribution in [1.29, 1.82) is 0 Å². The van der Waals surface area contributed by atoms with Gasteiger partial charge in [-0.05, 0) is 62.7 Å². The maximum Gasteiger partial charge on any atom is 0.228 e. The van der Waals surface area contributed by atoms with E-state index >= 15 is 4.39 Å². The smallest absolute Gasteiger partial charge is 0.228 e. The number of anilines is 2. The van der Waals surface area contributed by atoms with Crippen molar-refractivity contribution in [2.75, 3.05) is 43.0 Å². The normalized spacial score (nSPS) is 18.6. The molecule has 2 aromatic carbocycles. The third-order valence-corrected chi connectivity index (χ3v) is 8.25. The number of phenols is 1. The van der Waals surface area contributed by atoms with Crippen LogP contribution in [0.4, 0.5) is 20.5 Å². The van der Waals surface area contributed by atoms with E-state index in [1.54, 1.807) is 0 Å². The highest BCUT2D eigenvalue weighted by atomic mass is 19.1. The van der Waals surface area contributed by atoms with Gasteiger partial charge in [-0.3, -0.25) is 4.98 Å². The summed E-state index contributed by atoms with van der Waals surface area (Å²) < 4.78 is 31.3. The maximum atomic E-state index is 16.6. The number of aromatic hydroxyl groups is 1. The topological polar surface area (TPSA) is 97.6 Å². The molecule has 41 heavy (non-hydrogen) atoms. The lowest BCUT2D eigenvalue weighted by Crippen LogP contribution is -2.43. The molecule has 6 rings (SSSR count). The van der Waals surface area contributed by atoms with E-state index in [0.29, 0.717) is 55.0 Å². The molecule has 212 valence electrons. The maximum absolute atomic E-state index is 16.6. The Morgan fingerprint density at radius 3 is 2.71 bits per heavy atom. The van der Waals surface area contributed by atoms with Gasteiger partial charge < -0.3 is 25.3 Å². The van der Waals surface area contributed by atoms with E-state index in [-0.39, 0.29) is 39.5 Å². The number of benzene rings is 2. The molecule has 2 aliphatic rings. The van der Waals surface area contributed by atoms with E-state index in [1.165, 1.54) is 30.5 Å². The van der Waals surface area contributed by atoms with Crippen molar-refractivity contribution in [2.45, 2.75) is 44.2 Å². The fourth-order valence-corrected chi connectivity index (χ4v) is 5.92. The summed E-state index contributed by atoms with van der Waals surface area (Å²) in [5, 5.41) is 25.6. The highest BCUT2D eigenvalue weighted by Crippen LogP contribution is 2.39. The molecule has 0 saturated carbocycles. The van der Waals surface area contributed by atoms with Crippen molar-refractivity contribution in [3.63, 3.8) is 0 Å². The number of hydrogen-bond acceptors (Lipinski definition) is 8. The summed E-state index contributed by atoms with van der Waals surface area (Å²) in [4.78, 5) is 18.0. The second-order valence-corrected chi connectivity index (χ2v) is 11.3. The lowest BCUT2D eigenvalue weighted by molar-refractivity contribution is 0.0349. The van der Waals surface area contributed by atoms with Gasteiger partial charge in [-0.2, -0.15) is 4.98 Å². The number of rotatable bonds is 5. The molecule has 2 aromatic heterocycles. The van der Waals surface area contributed by atoms with Crippen LogP contribution in [0.25, 0.3) is 32.9 Å². The molecular weight excluding hydrogens is 526 g/mol. The number of pyridine rings is 1. The summed E-state index contributed by atoms with van der Waals surface area (Å²) in [6, 6.07) is 5.79. The second kappa shape index (κ2) is 10.4. The van der Waals surface area contributed by atoms with Crippen molar-refractivity contribution < 1.29 is 19.0 Å². The number of phenolic OH excluding ortho intramolecular Hbond substituents is 1. The van der Waals surface area contributed by atoms with Gasteiger partial charge in [-0.25, -0.2) is 13.8 Å². The van der Waals surface area contributed by atoms with E-state index in [1.807, 2.05) is 23.8 Å². The SMILES string of the molecule is C#Cc1c(F)ccc2cc(O)cc(-c3ncc4c(N(C)C[C@H]5CCCN5)nc(N5CCC(C)(O)CC5)nc4c3F)c12.